The van der Waals surface area contributed by atoms with Crippen molar-refractivity contribution in [1.82, 2.24) is 19.7 Å². The molecule has 2 aromatic carbocycles. The number of anilines is 1. The maximum atomic E-state index is 13.5. The molecule has 1 amide bonds. The maximum absolute atomic E-state index is 13.5. The number of pyridine rings is 1. The third-order valence-corrected chi connectivity index (χ3v) is 6.69. The molecule has 0 aliphatic carbocycles. The molecule has 9 heteroatoms. The maximum Gasteiger partial charge on any atom is 0.249 e. The number of hydrogen-bond donors (Lipinski definition) is 1. The number of thioether (sulfide) groups is 1. The Morgan fingerprint density at radius 1 is 1.09 bits per heavy atom. The molecule has 176 valence electrons. The minimum Gasteiger partial charge on any atom is -0.497 e. The van der Waals surface area contributed by atoms with Crippen LogP contribution in [0.15, 0.2) is 89.3 Å². The molecule has 5 rings (SSSR count). The van der Waals surface area contributed by atoms with Gasteiger partial charge in [-0.15, -0.1) is 5.10 Å². The average Bonchev–Trinajstić information content (AvgIpc) is 3.30. The monoisotopic (exact) mass is 484 g/mol. The first-order valence-electron chi connectivity index (χ1n) is 11.2. The summed E-state index contributed by atoms with van der Waals surface area (Å²) in [6.45, 7) is 1.86. The summed E-state index contributed by atoms with van der Waals surface area (Å²) in [5.41, 5.74) is 3.40. The number of carbonyl (C=O) groups excluding carboxylic acids is 1. The first kappa shape index (κ1) is 22.8. The van der Waals surface area contributed by atoms with Gasteiger partial charge in [-0.1, -0.05) is 54.2 Å². The zero-order valence-corrected chi connectivity index (χ0v) is 20.1. The molecule has 2 aromatic heterocycles. The zero-order valence-electron chi connectivity index (χ0n) is 19.3. The fourth-order valence-electron chi connectivity index (χ4n) is 4.06. The van der Waals surface area contributed by atoms with Gasteiger partial charge in [0.25, 0.3) is 0 Å². The van der Waals surface area contributed by atoms with E-state index in [9.17, 15) is 4.79 Å². The van der Waals surface area contributed by atoms with Crippen molar-refractivity contribution in [1.29, 1.82) is 0 Å². The second kappa shape index (κ2) is 10.1. The number of nitrogens with zero attached hydrogens (tertiary/aromatic N) is 5. The molecule has 0 saturated carbocycles. The van der Waals surface area contributed by atoms with Gasteiger partial charge in [0.1, 0.15) is 11.7 Å². The number of fused-ring (bicyclic) bond motifs is 1. The number of hydrogen-bond acceptors (Lipinski definition) is 7. The van der Waals surface area contributed by atoms with E-state index in [-0.39, 0.29) is 5.91 Å². The quantitative estimate of drug-likeness (QED) is 0.374. The number of aromatic nitrogens is 4. The third kappa shape index (κ3) is 4.95. The molecule has 8 nitrogen and oxygen atoms in total. The van der Waals surface area contributed by atoms with E-state index in [1.165, 1.54) is 5.56 Å². The molecular weight excluding hydrogens is 460 g/mol. The Labute approximate surface area is 207 Å². The first-order valence-corrected chi connectivity index (χ1v) is 12.1. The van der Waals surface area contributed by atoms with Crippen LogP contribution in [0.4, 0.5) is 11.6 Å². The van der Waals surface area contributed by atoms with Gasteiger partial charge < -0.3 is 10.1 Å². The number of nitrogens with one attached hydrogen (secondary N) is 1. The predicted molar refractivity (Wildman–Crippen MR) is 136 cm³/mol. The van der Waals surface area contributed by atoms with E-state index >= 15 is 0 Å². The van der Waals surface area contributed by atoms with Crippen LogP contribution in [0.2, 0.25) is 0 Å². The largest absolute Gasteiger partial charge is 0.497 e. The van der Waals surface area contributed by atoms with Crippen molar-refractivity contribution >= 4 is 35.0 Å². The summed E-state index contributed by atoms with van der Waals surface area (Å²) in [5.74, 6) is 1.21. The molecule has 35 heavy (non-hydrogen) atoms. The Morgan fingerprint density at radius 3 is 2.60 bits per heavy atom. The van der Waals surface area contributed by atoms with Crippen molar-refractivity contribution in [2.75, 3.05) is 12.4 Å². The average molecular weight is 485 g/mol. The molecule has 0 saturated heterocycles. The number of methoxy groups -OCH3 is 1. The fourth-order valence-corrected chi connectivity index (χ4v) is 4.84. The number of aliphatic imine (C=N–C) groups is 1. The van der Waals surface area contributed by atoms with Gasteiger partial charge in [0.05, 0.1) is 25.0 Å². The molecule has 0 spiro atoms. The van der Waals surface area contributed by atoms with Crippen molar-refractivity contribution in [2.45, 2.75) is 23.9 Å². The molecule has 2 unspecified atom stereocenters. The number of carbonyl (C=O) groups is 1. The summed E-state index contributed by atoms with van der Waals surface area (Å²) in [6.07, 6.45) is 3.29. The summed E-state index contributed by atoms with van der Waals surface area (Å²) in [4.78, 5) is 26.9. The standard InChI is InChI=1S/C26H24N6O2S/c1-17-22(24(33)29-20-9-6-14-27-15-20)23(19-10-12-21(34-2)13-11-19)32-25(28-17)30-26(31-32)35-16-18-7-4-3-5-8-18/h3-15,22-23H,16H2,1-2H3,(H,29,33). The van der Waals surface area contributed by atoms with E-state index in [0.717, 1.165) is 17.1 Å². The molecule has 0 bridgehead atoms. The van der Waals surface area contributed by atoms with Crippen LogP contribution in [-0.4, -0.2) is 38.5 Å². The molecule has 3 heterocycles. The van der Waals surface area contributed by atoms with Crippen molar-refractivity contribution in [2.24, 2.45) is 10.9 Å². The van der Waals surface area contributed by atoms with E-state index in [2.05, 4.69) is 32.4 Å². The second-order valence-corrected chi connectivity index (χ2v) is 9.04. The molecule has 1 aliphatic heterocycles. The van der Waals surface area contributed by atoms with Crippen LogP contribution in [0.1, 0.15) is 24.1 Å². The number of amides is 1. The zero-order chi connectivity index (χ0) is 24.2. The molecule has 1 N–H and O–H groups in total. The highest BCUT2D eigenvalue weighted by atomic mass is 32.2. The molecular formula is C26H24N6O2S. The van der Waals surface area contributed by atoms with Crippen LogP contribution in [-0.2, 0) is 10.5 Å². The van der Waals surface area contributed by atoms with Gasteiger partial charge in [0.15, 0.2) is 0 Å². The van der Waals surface area contributed by atoms with Crippen LogP contribution in [0.3, 0.4) is 0 Å². The van der Waals surface area contributed by atoms with E-state index in [1.54, 1.807) is 42.0 Å². The smallest absolute Gasteiger partial charge is 0.249 e. The number of ether oxygens (including phenoxy) is 1. The van der Waals surface area contributed by atoms with Gasteiger partial charge in [0, 0.05) is 17.7 Å². The van der Waals surface area contributed by atoms with Crippen LogP contribution in [0.5, 0.6) is 5.75 Å². The van der Waals surface area contributed by atoms with Gasteiger partial charge in [-0.05, 0) is 42.3 Å². The highest BCUT2D eigenvalue weighted by molar-refractivity contribution is 7.98. The van der Waals surface area contributed by atoms with Crippen LogP contribution in [0, 0.1) is 5.92 Å². The molecule has 1 aliphatic rings. The normalized spacial score (nSPS) is 16.8. The summed E-state index contributed by atoms with van der Waals surface area (Å²) in [7, 11) is 1.63. The highest BCUT2D eigenvalue weighted by Crippen LogP contribution is 2.38. The number of benzene rings is 2. The van der Waals surface area contributed by atoms with Crippen molar-refractivity contribution in [3.8, 4) is 5.75 Å². The van der Waals surface area contributed by atoms with Gasteiger partial charge >= 0.3 is 0 Å². The Morgan fingerprint density at radius 2 is 1.89 bits per heavy atom. The summed E-state index contributed by atoms with van der Waals surface area (Å²) in [5, 5.41) is 8.37. The molecule has 2 atom stereocenters. The number of rotatable bonds is 7. The minimum atomic E-state index is -0.579. The van der Waals surface area contributed by atoms with Gasteiger partial charge in [-0.2, -0.15) is 4.98 Å². The Balaban J connectivity index is 1.49. The summed E-state index contributed by atoms with van der Waals surface area (Å²) >= 11 is 1.54. The Hall–Kier alpha value is -3.98. The molecule has 0 radical (unpaired) electrons. The third-order valence-electron chi connectivity index (χ3n) is 5.78. The second-order valence-electron chi connectivity index (χ2n) is 8.09. The molecule has 0 fully saturated rings. The lowest BCUT2D eigenvalue weighted by atomic mass is 9.87. The lowest BCUT2D eigenvalue weighted by Crippen LogP contribution is -2.39. The summed E-state index contributed by atoms with van der Waals surface area (Å²) < 4.78 is 7.09. The lowest BCUT2D eigenvalue weighted by molar-refractivity contribution is -0.118. The summed E-state index contributed by atoms with van der Waals surface area (Å²) in [6, 6.07) is 21.0. The van der Waals surface area contributed by atoms with Crippen molar-refractivity contribution < 1.29 is 9.53 Å². The van der Waals surface area contributed by atoms with E-state index in [0.29, 0.717) is 22.5 Å². The minimum absolute atomic E-state index is 0.181. The Bertz CT molecular complexity index is 1340. The Kier molecular flexibility index (Phi) is 6.58. The first-order chi connectivity index (χ1) is 17.1. The SMILES string of the molecule is COc1ccc(C2C(C(=O)Nc3cccnc3)C(C)=Nc3nc(SCc4ccccc4)nn32)cc1. The van der Waals surface area contributed by atoms with Crippen molar-refractivity contribution in [3.63, 3.8) is 0 Å². The van der Waals surface area contributed by atoms with Gasteiger partial charge in [0.2, 0.25) is 17.0 Å². The van der Waals surface area contributed by atoms with Gasteiger partial charge in [-0.25, -0.2) is 9.67 Å². The van der Waals surface area contributed by atoms with E-state index in [1.807, 2.05) is 55.5 Å². The van der Waals surface area contributed by atoms with Crippen molar-refractivity contribution in [3.05, 3.63) is 90.3 Å². The van der Waals surface area contributed by atoms with Gasteiger partial charge in [-0.3, -0.25) is 9.78 Å². The van der Waals surface area contributed by atoms with Crippen LogP contribution < -0.4 is 10.1 Å². The van der Waals surface area contributed by atoms with E-state index < -0.39 is 12.0 Å². The molecule has 4 aromatic rings. The van der Waals surface area contributed by atoms with E-state index in [4.69, 9.17) is 9.84 Å². The lowest BCUT2D eigenvalue weighted by Gasteiger charge is -2.30. The van der Waals surface area contributed by atoms with Crippen LogP contribution >= 0.6 is 11.8 Å². The fraction of sp³-hybridized carbons (Fsp3) is 0.192. The topological polar surface area (TPSA) is 94.3 Å². The van der Waals surface area contributed by atoms with Crippen LogP contribution in [0.25, 0.3) is 0 Å². The highest BCUT2D eigenvalue weighted by Gasteiger charge is 2.39. The predicted octanol–water partition coefficient (Wildman–Crippen LogP) is 4.92.